The Morgan fingerprint density at radius 1 is 1.13 bits per heavy atom. The molecule has 14 heteroatoms. The van der Waals surface area contributed by atoms with Crippen molar-refractivity contribution in [2.45, 2.75) is 43.8 Å². The molecule has 4 atom stereocenters. The summed E-state index contributed by atoms with van der Waals surface area (Å²) in [5.74, 6) is -1.96. The molecule has 1 aromatic heterocycles. The lowest BCUT2D eigenvalue weighted by atomic mass is 9.85. The summed E-state index contributed by atoms with van der Waals surface area (Å²) in [7, 11) is -0.971. The maximum absolute atomic E-state index is 15.5. The van der Waals surface area contributed by atoms with E-state index >= 15 is 4.39 Å². The van der Waals surface area contributed by atoms with E-state index < -0.39 is 45.8 Å². The Morgan fingerprint density at radius 3 is 2.42 bits per heavy atom. The number of methoxy groups -OCH3 is 2. The van der Waals surface area contributed by atoms with Gasteiger partial charge in [-0.2, -0.15) is 4.31 Å². The van der Waals surface area contributed by atoms with Crippen LogP contribution >= 0.6 is 11.6 Å². The van der Waals surface area contributed by atoms with Crippen molar-refractivity contribution in [2.24, 2.45) is 5.73 Å². The van der Waals surface area contributed by atoms with Gasteiger partial charge in [0.15, 0.2) is 0 Å². The predicted molar refractivity (Wildman–Crippen MR) is 169 cm³/mol. The summed E-state index contributed by atoms with van der Waals surface area (Å²) in [5, 5.41) is 3.69. The Hall–Kier alpha value is -3.62. The highest BCUT2D eigenvalue weighted by molar-refractivity contribution is 7.88. The number of rotatable bonds is 10. The van der Waals surface area contributed by atoms with Crippen LogP contribution in [0.4, 0.5) is 14.9 Å². The van der Waals surface area contributed by atoms with Crippen LogP contribution in [0.3, 0.4) is 0 Å². The van der Waals surface area contributed by atoms with Crippen molar-refractivity contribution in [3.05, 3.63) is 88.3 Å². The number of amides is 2. The third-order valence-corrected chi connectivity index (χ3v) is 9.51. The molecule has 0 spiro atoms. The Morgan fingerprint density at radius 2 is 1.82 bits per heavy atom. The molecular formula is C31H37ClFN5O6S. The number of hydrogen-bond acceptors (Lipinski definition) is 9. The first-order valence-electron chi connectivity index (χ1n) is 14.3. The van der Waals surface area contributed by atoms with E-state index in [0.717, 1.165) is 18.3 Å². The number of anilines is 1. The number of aromatic nitrogens is 1. The van der Waals surface area contributed by atoms with Crippen LogP contribution in [-0.4, -0.2) is 81.4 Å². The van der Waals surface area contributed by atoms with E-state index in [0.29, 0.717) is 35.1 Å². The van der Waals surface area contributed by atoms with Crippen molar-refractivity contribution in [1.29, 1.82) is 0 Å². The summed E-state index contributed by atoms with van der Waals surface area (Å²) in [5.41, 5.74) is 7.84. The Balaban J connectivity index is 1.73. The average molecular weight is 662 g/mol. The smallest absolute Gasteiger partial charge is 0.420 e. The van der Waals surface area contributed by atoms with E-state index in [2.05, 4.69) is 10.3 Å². The summed E-state index contributed by atoms with van der Waals surface area (Å²) < 4.78 is 52.2. The first-order valence-corrected chi connectivity index (χ1v) is 16.5. The minimum absolute atomic E-state index is 0.0200. The number of nitrogens with zero attached hydrogens (tertiary/aromatic N) is 3. The number of hydrogen-bond donors (Lipinski definition) is 2. The van der Waals surface area contributed by atoms with Gasteiger partial charge in [0.05, 0.1) is 32.2 Å². The molecule has 1 aliphatic rings. The van der Waals surface area contributed by atoms with Gasteiger partial charge in [-0.1, -0.05) is 35.9 Å². The molecule has 2 aromatic carbocycles. The van der Waals surface area contributed by atoms with E-state index in [1.165, 1.54) is 35.8 Å². The highest BCUT2D eigenvalue weighted by Gasteiger charge is 2.38. The molecule has 1 saturated heterocycles. The molecule has 0 unspecified atom stereocenters. The second kappa shape index (κ2) is 14.6. The molecule has 0 bridgehead atoms. The fourth-order valence-corrected chi connectivity index (χ4v) is 7.38. The molecule has 11 nitrogen and oxygen atoms in total. The number of halogens is 2. The highest BCUT2D eigenvalue weighted by atomic mass is 35.5. The number of imide groups is 1. The first-order chi connectivity index (χ1) is 21.4. The molecule has 2 heterocycles. The van der Waals surface area contributed by atoms with E-state index in [1.54, 1.807) is 43.3 Å². The van der Waals surface area contributed by atoms with Crippen LogP contribution in [0.1, 0.15) is 36.0 Å². The zero-order valence-corrected chi connectivity index (χ0v) is 27.0. The third kappa shape index (κ3) is 7.79. The van der Waals surface area contributed by atoms with E-state index in [4.69, 9.17) is 26.8 Å². The lowest BCUT2D eigenvalue weighted by Crippen LogP contribution is -2.58. The summed E-state index contributed by atoms with van der Waals surface area (Å²) >= 11 is 6.12. The van der Waals surface area contributed by atoms with Gasteiger partial charge in [0.1, 0.15) is 5.82 Å². The maximum atomic E-state index is 15.5. The molecule has 3 aromatic rings. The fraction of sp³-hybridized carbons (Fsp3) is 0.387. The molecule has 1 fully saturated rings. The van der Waals surface area contributed by atoms with Crippen molar-refractivity contribution < 1.29 is 31.9 Å². The SMILES string of the molecule is COC(=O)N(C(=O)[C@@H](N)[C@@H](c1ccc(Cl)cc1)c1ccc(OC)nc1)c1cccc(F)c1CC[C@H]1CNC[C@H](C)N1S(C)(=O)=O. The molecule has 1 aliphatic heterocycles. The van der Waals surface area contributed by atoms with Crippen LogP contribution in [0.15, 0.2) is 60.8 Å². The van der Waals surface area contributed by atoms with Gasteiger partial charge < -0.3 is 20.5 Å². The van der Waals surface area contributed by atoms with Crippen molar-refractivity contribution in [2.75, 3.05) is 38.5 Å². The molecule has 0 saturated carbocycles. The largest absolute Gasteiger partial charge is 0.481 e. The second-order valence-electron chi connectivity index (χ2n) is 10.9. The van der Waals surface area contributed by atoms with Crippen molar-refractivity contribution in [3.63, 3.8) is 0 Å². The van der Waals surface area contributed by atoms with Gasteiger partial charge in [-0.3, -0.25) is 4.79 Å². The first kappa shape index (κ1) is 34.3. The van der Waals surface area contributed by atoms with Crippen molar-refractivity contribution in [1.82, 2.24) is 14.6 Å². The van der Waals surface area contributed by atoms with Gasteiger partial charge in [-0.05, 0) is 55.2 Å². The molecule has 3 N–H and O–H groups in total. The number of piperazine rings is 1. The second-order valence-corrected chi connectivity index (χ2v) is 13.2. The maximum Gasteiger partial charge on any atom is 0.420 e. The number of ether oxygens (including phenoxy) is 2. The Kier molecular flexibility index (Phi) is 11.2. The minimum Gasteiger partial charge on any atom is -0.481 e. The van der Waals surface area contributed by atoms with Crippen LogP contribution in [0.2, 0.25) is 5.02 Å². The van der Waals surface area contributed by atoms with Crippen molar-refractivity contribution in [3.8, 4) is 5.88 Å². The number of pyridine rings is 1. The van der Waals surface area contributed by atoms with Gasteiger partial charge in [0.2, 0.25) is 15.9 Å². The van der Waals surface area contributed by atoms with Gasteiger partial charge in [-0.15, -0.1) is 0 Å². The van der Waals surface area contributed by atoms with Gasteiger partial charge in [0.25, 0.3) is 5.91 Å². The molecule has 242 valence electrons. The lowest BCUT2D eigenvalue weighted by Gasteiger charge is -2.39. The number of benzene rings is 2. The van der Waals surface area contributed by atoms with E-state index in [1.807, 2.05) is 0 Å². The van der Waals surface area contributed by atoms with E-state index in [9.17, 15) is 18.0 Å². The quantitative estimate of drug-likeness (QED) is 0.332. The molecule has 2 amide bonds. The van der Waals surface area contributed by atoms with E-state index in [-0.39, 0.29) is 30.1 Å². The summed E-state index contributed by atoms with van der Waals surface area (Å²) in [6, 6.07) is 12.0. The standard InChI is InChI=1S/C31H37ClFN5O6S/c1-19-16-35-18-23(38(19)45(4,41)42)13-14-24-25(33)6-5-7-26(24)37(31(40)44-3)30(39)29(34)28(20-8-11-22(32)12-9-20)21-10-15-27(43-2)36-17-21/h5-12,15,17,19,23,28-29,35H,13-14,16,18,34H2,1-4H3/t19-,23-,28-,29-/m0/s1. The number of carbonyl (C=O) groups is 2. The molecular weight excluding hydrogens is 625 g/mol. The number of nitrogens with one attached hydrogen (secondary N) is 1. The molecule has 0 radical (unpaired) electrons. The zero-order chi connectivity index (χ0) is 32.9. The predicted octanol–water partition coefficient (Wildman–Crippen LogP) is 3.70. The van der Waals surface area contributed by atoms with Crippen molar-refractivity contribution >= 4 is 39.3 Å². The van der Waals surface area contributed by atoms with Crippen LogP contribution in [-0.2, 0) is 26.0 Å². The molecule has 45 heavy (non-hydrogen) atoms. The van der Waals surface area contributed by atoms with Gasteiger partial charge >= 0.3 is 6.09 Å². The van der Waals surface area contributed by atoms with Crippen LogP contribution in [0.25, 0.3) is 0 Å². The topological polar surface area (TPSA) is 144 Å². The zero-order valence-electron chi connectivity index (χ0n) is 25.4. The monoisotopic (exact) mass is 661 g/mol. The van der Waals surface area contributed by atoms with Crippen LogP contribution in [0.5, 0.6) is 5.88 Å². The Bertz CT molecular complexity index is 1610. The summed E-state index contributed by atoms with van der Waals surface area (Å²) in [4.78, 5) is 32.5. The normalized spacial score (nSPS) is 18.6. The van der Waals surface area contributed by atoms with Crippen LogP contribution < -0.4 is 20.7 Å². The van der Waals surface area contributed by atoms with Crippen LogP contribution in [0, 0.1) is 5.82 Å². The molecule has 4 rings (SSSR count). The number of sulfonamides is 1. The number of nitrogens with two attached hydrogens (primary N) is 1. The fourth-order valence-electron chi connectivity index (χ4n) is 5.80. The summed E-state index contributed by atoms with van der Waals surface area (Å²) in [6.45, 7) is 2.64. The highest BCUT2D eigenvalue weighted by Crippen LogP contribution is 2.33. The Labute approximate surface area is 267 Å². The third-order valence-electron chi connectivity index (χ3n) is 7.84. The average Bonchev–Trinajstić information content (AvgIpc) is 3.01. The minimum atomic E-state index is -3.55. The summed E-state index contributed by atoms with van der Waals surface area (Å²) in [6.07, 6.45) is 1.85. The lowest BCUT2D eigenvalue weighted by molar-refractivity contribution is -0.119. The number of carbonyl (C=O) groups excluding carboxylic acids is 2. The van der Waals surface area contributed by atoms with Gasteiger partial charge in [-0.25, -0.2) is 27.5 Å². The molecule has 0 aliphatic carbocycles. The van der Waals surface area contributed by atoms with Gasteiger partial charge in [0, 0.05) is 53.9 Å².